The van der Waals surface area contributed by atoms with E-state index in [0.29, 0.717) is 43.2 Å². The Morgan fingerprint density at radius 2 is 1.66 bits per heavy atom. The van der Waals surface area contributed by atoms with Crippen LogP contribution in [0.4, 0.5) is 10.1 Å². The van der Waals surface area contributed by atoms with E-state index in [0.717, 1.165) is 6.42 Å². The van der Waals surface area contributed by atoms with Gasteiger partial charge in [-0.1, -0.05) is 19.1 Å². The molecule has 0 atom stereocenters. The van der Waals surface area contributed by atoms with Crippen molar-refractivity contribution in [3.63, 3.8) is 0 Å². The van der Waals surface area contributed by atoms with E-state index in [9.17, 15) is 18.8 Å². The summed E-state index contributed by atoms with van der Waals surface area (Å²) in [5, 5.41) is 0. The van der Waals surface area contributed by atoms with Crippen molar-refractivity contribution in [2.24, 2.45) is 0 Å². The first-order valence-electron chi connectivity index (χ1n) is 10.6. The molecule has 0 saturated carbocycles. The largest absolute Gasteiger partial charge is 0.482 e. The van der Waals surface area contributed by atoms with Crippen LogP contribution in [0.5, 0.6) is 5.75 Å². The van der Waals surface area contributed by atoms with Gasteiger partial charge in [0.05, 0.1) is 5.69 Å². The molecule has 1 saturated heterocycles. The molecule has 7 nitrogen and oxygen atoms in total. The van der Waals surface area contributed by atoms with E-state index in [1.807, 2.05) is 17.0 Å². The maximum Gasteiger partial charge on any atom is 0.344 e. The number of anilines is 1. The molecule has 0 aliphatic carbocycles. The van der Waals surface area contributed by atoms with Gasteiger partial charge in [0.25, 0.3) is 5.91 Å². The molecule has 1 aliphatic heterocycles. The van der Waals surface area contributed by atoms with Crippen molar-refractivity contribution in [1.82, 2.24) is 4.90 Å². The molecular formula is C24H27FN2O5. The Labute approximate surface area is 186 Å². The molecular weight excluding hydrogens is 415 g/mol. The number of esters is 1. The Bertz CT molecular complexity index is 969. The van der Waals surface area contributed by atoms with Crippen molar-refractivity contribution in [3.8, 4) is 5.75 Å². The van der Waals surface area contributed by atoms with Crippen LogP contribution >= 0.6 is 0 Å². The van der Waals surface area contributed by atoms with E-state index in [-0.39, 0.29) is 24.9 Å². The van der Waals surface area contributed by atoms with Crippen LogP contribution < -0.4 is 9.64 Å². The normalized spacial score (nSPS) is 13.6. The number of rotatable bonds is 8. The zero-order valence-electron chi connectivity index (χ0n) is 18.3. The number of ether oxygens (including phenoxy) is 2. The summed E-state index contributed by atoms with van der Waals surface area (Å²) in [6, 6.07) is 11.8. The van der Waals surface area contributed by atoms with E-state index in [1.54, 1.807) is 29.2 Å². The SMILES string of the molecule is CCc1ccc(OCC(=O)OCC(=O)N2CCN(c3ccc(C(C)=O)cc3F)CC2)cc1. The van der Waals surface area contributed by atoms with E-state index < -0.39 is 11.8 Å². The van der Waals surface area contributed by atoms with Gasteiger partial charge in [-0.25, -0.2) is 9.18 Å². The van der Waals surface area contributed by atoms with Crippen LogP contribution in [0.15, 0.2) is 42.5 Å². The zero-order chi connectivity index (χ0) is 23.1. The second-order valence-electron chi connectivity index (χ2n) is 7.54. The molecule has 1 fully saturated rings. The van der Waals surface area contributed by atoms with Crippen molar-refractivity contribution in [3.05, 3.63) is 59.4 Å². The summed E-state index contributed by atoms with van der Waals surface area (Å²) in [6.07, 6.45) is 0.916. The fraction of sp³-hybridized carbons (Fsp3) is 0.375. The lowest BCUT2D eigenvalue weighted by molar-refractivity contribution is -0.153. The highest BCUT2D eigenvalue weighted by atomic mass is 19.1. The van der Waals surface area contributed by atoms with Gasteiger partial charge in [0.1, 0.15) is 11.6 Å². The van der Waals surface area contributed by atoms with Crippen LogP contribution in [0, 0.1) is 5.82 Å². The Hall–Kier alpha value is -3.42. The summed E-state index contributed by atoms with van der Waals surface area (Å²) in [4.78, 5) is 39.0. The van der Waals surface area contributed by atoms with Crippen LogP contribution in [-0.4, -0.2) is 62.0 Å². The third kappa shape index (κ3) is 6.06. The topological polar surface area (TPSA) is 76.2 Å². The molecule has 0 unspecified atom stereocenters. The molecule has 0 N–H and O–H groups in total. The fourth-order valence-electron chi connectivity index (χ4n) is 3.42. The Balaban J connectivity index is 1.41. The van der Waals surface area contributed by atoms with Gasteiger partial charge in [-0.2, -0.15) is 0 Å². The predicted molar refractivity (Wildman–Crippen MR) is 117 cm³/mol. The molecule has 1 aliphatic rings. The smallest absolute Gasteiger partial charge is 0.344 e. The van der Waals surface area contributed by atoms with Gasteiger partial charge in [-0.05, 0) is 49.2 Å². The Morgan fingerprint density at radius 1 is 0.969 bits per heavy atom. The van der Waals surface area contributed by atoms with Crippen molar-refractivity contribution in [2.75, 3.05) is 44.3 Å². The summed E-state index contributed by atoms with van der Waals surface area (Å²) < 4.78 is 24.8. The maximum atomic E-state index is 14.3. The minimum atomic E-state index is -0.621. The van der Waals surface area contributed by atoms with Gasteiger partial charge >= 0.3 is 5.97 Å². The lowest BCUT2D eigenvalue weighted by Gasteiger charge is -2.36. The second-order valence-corrected chi connectivity index (χ2v) is 7.54. The minimum absolute atomic E-state index is 0.194. The second kappa shape index (κ2) is 10.7. The molecule has 32 heavy (non-hydrogen) atoms. The molecule has 2 aromatic rings. The molecule has 0 radical (unpaired) electrons. The first kappa shape index (κ1) is 23.2. The monoisotopic (exact) mass is 442 g/mol. The number of aryl methyl sites for hydroxylation is 1. The number of hydrogen-bond acceptors (Lipinski definition) is 6. The highest BCUT2D eigenvalue weighted by Gasteiger charge is 2.24. The number of benzene rings is 2. The summed E-state index contributed by atoms with van der Waals surface area (Å²) in [5.74, 6) is -1.02. The molecule has 2 aromatic carbocycles. The highest BCUT2D eigenvalue weighted by molar-refractivity contribution is 5.94. The molecule has 1 amide bonds. The fourth-order valence-corrected chi connectivity index (χ4v) is 3.42. The number of ketones is 1. The van der Waals surface area contributed by atoms with Crippen molar-refractivity contribution in [1.29, 1.82) is 0 Å². The van der Waals surface area contributed by atoms with Crippen LogP contribution in [-0.2, 0) is 20.7 Å². The van der Waals surface area contributed by atoms with Gasteiger partial charge in [-0.15, -0.1) is 0 Å². The number of Topliss-reactive ketones (excluding diaryl/α,β-unsaturated/α-hetero) is 1. The quantitative estimate of drug-likeness (QED) is 0.462. The van der Waals surface area contributed by atoms with Gasteiger partial charge in [0.15, 0.2) is 19.0 Å². The predicted octanol–water partition coefficient (Wildman–Crippen LogP) is 2.86. The minimum Gasteiger partial charge on any atom is -0.482 e. The number of nitrogens with zero attached hydrogens (tertiary/aromatic N) is 2. The van der Waals surface area contributed by atoms with E-state index in [1.165, 1.54) is 18.6 Å². The zero-order valence-corrected chi connectivity index (χ0v) is 18.3. The summed E-state index contributed by atoms with van der Waals surface area (Å²) in [5.41, 5.74) is 1.89. The van der Waals surface area contributed by atoms with Crippen molar-refractivity contribution >= 4 is 23.3 Å². The third-order valence-electron chi connectivity index (χ3n) is 5.37. The van der Waals surface area contributed by atoms with Crippen molar-refractivity contribution < 1.29 is 28.2 Å². The molecule has 1 heterocycles. The maximum absolute atomic E-state index is 14.3. The standard InChI is InChI=1S/C24H27FN2O5/c1-3-18-4-7-20(8-5-18)31-16-24(30)32-15-23(29)27-12-10-26(11-13-27)22-9-6-19(17(2)28)14-21(22)25/h4-9,14H,3,10-13,15-16H2,1-2H3. The van der Waals surface area contributed by atoms with E-state index in [2.05, 4.69) is 6.92 Å². The highest BCUT2D eigenvalue weighted by Crippen LogP contribution is 2.22. The Kier molecular flexibility index (Phi) is 7.81. The molecule has 0 bridgehead atoms. The molecule has 0 spiro atoms. The van der Waals surface area contributed by atoms with Gasteiger partial charge in [0, 0.05) is 31.7 Å². The van der Waals surface area contributed by atoms with Gasteiger partial charge in [0.2, 0.25) is 0 Å². The van der Waals surface area contributed by atoms with Crippen LogP contribution in [0.1, 0.15) is 29.8 Å². The Morgan fingerprint density at radius 3 is 2.25 bits per heavy atom. The van der Waals surface area contributed by atoms with Gasteiger partial charge < -0.3 is 19.3 Å². The first-order valence-corrected chi connectivity index (χ1v) is 10.6. The summed E-state index contributed by atoms with van der Waals surface area (Å²) >= 11 is 0. The number of carbonyl (C=O) groups is 3. The van der Waals surface area contributed by atoms with Gasteiger partial charge in [-0.3, -0.25) is 9.59 Å². The third-order valence-corrected chi connectivity index (χ3v) is 5.37. The summed E-state index contributed by atoms with van der Waals surface area (Å²) in [6.45, 7) is 4.44. The summed E-state index contributed by atoms with van der Waals surface area (Å²) in [7, 11) is 0. The number of piperazine rings is 1. The number of halogens is 1. The molecule has 0 aromatic heterocycles. The number of hydrogen-bond donors (Lipinski definition) is 0. The van der Waals surface area contributed by atoms with Crippen molar-refractivity contribution in [2.45, 2.75) is 20.3 Å². The average molecular weight is 442 g/mol. The van der Waals surface area contributed by atoms with E-state index in [4.69, 9.17) is 9.47 Å². The molecule has 3 rings (SSSR count). The molecule has 8 heteroatoms. The number of amides is 1. The van der Waals surface area contributed by atoms with Crippen LogP contribution in [0.25, 0.3) is 0 Å². The average Bonchev–Trinajstić information content (AvgIpc) is 2.81. The van der Waals surface area contributed by atoms with Crippen LogP contribution in [0.2, 0.25) is 0 Å². The lowest BCUT2D eigenvalue weighted by atomic mass is 10.1. The molecule has 170 valence electrons. The van der Waals surface area contributed by atoms with Crippen LogP contribution in [0.3, 0.4) is 0 Å². The van der Waals surface area contributed by atoms with E-state index >= 15 is 0 Å². The lowest BCUT2D eigenvalue weighted by Crippen LogP contribution is -2.50. The first-order chi connectivity index (χ1) is 15.4. The number of carbonyl (C=O) groups excluding carboxylic acids is 3.